The first-order chi connectivity index (χ1) is 9.58. The fourth-order valence-electron chi connectivity index (χ4n) is 2.40. The SMILES string of the molecule is C=CC(=O)OC1(C)CC(C)(C(F)(F)F)OC(O)(C(F)(F)F)C1. The molecule has 1 saturated heterocycles. The van der Waals surface area contributed by atoms with E-state index < -0.39 is 48.2 Å². The molecular weight excluding hydrogens is 322 g/mol. The second-order valence-electron chi connectivity index (χ2n) is 5.54. The summed E-state index contributed by atoms with van der Waals surface area (Å²) in [4.78, 5) is 11.2. The number of carbonyl (C=O) groups is 1. The highest BCUT2D eigenvalue weighted by Crippen LogP contribution is 2.53. The van der Waals surface area contributed by atoms with Crippen molar-refractivity contribution in [3.8, 4) is 0 Å². The number of hydrogen-bond acceptors (Lipinski definition) is 4. The van der Waals surface area contributed by atoms with Crippen LogP contribution >= 0.6 is 0 Å². The van der Waals surface area contributed by atoms with Gasteiger partial charge in [-0.25, -0.2) is 4.79 Å². The molecule has 3 atom stereocenters. The van der Waals surface area contributed by atoms with Crippen molar-refractivity contribution < 1.29 is 45.7 Å². The summed E-state index contributed by atoms with van der Waals surface area (Å²) in [6, 6.07) is 0. The number of aliphatic hydroxyl groups is 1. The van der Waals surface area contributed by atoms with Gasteiger partial charge in [0, 0.05) is 12.5 Å². The van der Waals surface area contributed by atoms with E-state index in [0.717, 1.165) is 6.92 Å². The van der Waals surface area contributed by atoms with E-state index in [1.54, 1.807) is 0 Å². The molecule has 0 amide bonds. The molecule has 1 N–H and O–H groups in total. The highest BCUT2D eigenvalue weighted by Gasteiger charge is 2.71. The number of halogens is 6. The molecule has 0 spiro atoms. The molecular formula is C12H14F6O4. The summed E-state index contributed by atoms with van der Waals surface area (Å²) in [5.41, 5.74) is -5.61. The van der Waals surface area contributed by atoms with Crippen LogP contribution < -0.4 is 0 Å². The molecule has 0 bridgehead atoms. The lowest BCUT2D eigenvalue weighted by Crippen LogP contribution is -2.67. The minimum Gasteiger partial charge on any atom is -0.456 e. The molecule has 0 aliphatic carbocycles. The molecule has 22 heavy (non-hydrogen) atoms. The Morgan fingerprint density at radius 1 is 1.18 bits per heavy atom. The number of esters is 1. The summed E-state index contributed by atoms with van der Waals surface area (Å²) in [7, 11) is 0. The molecule has 1 aliphatic heterocycles. The Morgan fingerprint density at radius 3 is 2.05 bits per heavy atom. The maximum atomic E-state index is 13.1. The third-order valence-electron chi connectivity index (χ3n) is 3.28. The van der Waals surface area contributed by atoms with Gasteiger partial charge in [-0.2, -0.15) is 26.3 Å². The fraction of sp³-hybridized carbons (Fsp3) is 0.750. The Kier molecular flexibility index (Phi) is 4.37. The number of alkyl halides is 6. The van der Waals surface area contributed by atoms with Gasteiger partial charge < -0.3 is 14.6 Å². The normalized spacial score (nSPS) is 36.8. The lowest BCUT2D eigenvalue weighted by atomic mass is 9.79. The van der Waals surface area contributed by atoms with E-state index in [-0.39, 0.29) is 0 Å². The van der Waals surface area contributed by atoms with Gasteiger partial charge in [-0.1, -0.05) is 6.58 Å². The molecule has 1 rings (SSSR count). The molecule has 3 unspecified atom stereocenters. The lowest BCUT2D eigenvalue weighted by Gasteiger charge is -2.51. The average molecular weight is 336 g/mol. The van der Waals surface area contributed by atoms with E-state index in [1.165, 1.54) is 0 Å². The Morgan fingerprint density at radius 2 is 1.68 bits per heavy atom. The number of hydrogen-bond donors (Lipinski definition) is 1. The van der Waals surface area contributed by atoms with Gasteiger partial charge in [-0.15, -0.1) is 0 Å². The Hall–Kier alpha value is -1.29. The summed E-state index contributed by atoms with van der Waals surface area (Å²) in [5, 5.41) is 9.56. The van der Waals surface area contributed by atoms with E-state index in [1.807, 2.05) is 0 Å². The highest BCUT2D eigenvalue weighted by molar-refractivity contribution is 5.81. The van der Waals surface area contributed by atoms with Crippen molar-refractivity contribution >= 4 is 5.97 Å². The Labute approximate surface area is 121 Å². The van der Waals surface area contributed by atoms with Crippen LogP contribution in [0.15, 0.2) is 12.7 Å². The maximum absolute atomic E-state index is 13.1. The van der Waals surface area contributed by atoms with Gasteiger partial charge >= 0.3 is 18.3 Å². The predicted octanol–water partition coefficient (Wildman–Crippen LogP) is 2.86. The zero-order valence-corrected chi connectivity index (χ0v) is 11.6. The van der Waals surface area contributed by atoms with Crippen LogP contribution in [0.3, 0.4) is 0 Å². The third-order valence-corrected chi connectivity index (χ3v) is 3.28. The van der Waals surface area contributed by atoms with Crippen LogP contribution in [0.5, 0.6) is 0 Å². The van der Waals surface area contributed by atoms with Crippen LogP contribution in [-0.2, 0) is 14.3 Å². The van der Waals surface area contributed by atoms with Crippen LogP contribution in [0.4, 0.5) is 26.3 Å². The summed E-state index contributed by atoms with van der Waals surface area (Å²) in [6.07, 6.45) is -12.6. The third kappa shape index (κ3) is 3.37. The van der Waals surface area contributed by atoms with Crippen molar-refractivity contribution in [3.05, 3.63) is 12.7 Å². The lowest BCUT2D eigenvalue weighted by molar-refractivity contribution is -0.453. The first-order valence-corrected chi connectivity index (χ1v) is 5.99. The number of carbonyl (C=O) groups excluding carboxylic acids is 1. The molecule has 4 nitrogen and oxygen atoms in total. The van der Waals surface area contributed by atoms with Crippen molar-refractivity contribution in [1.29, 1.82) is 0 Å². The van der Waals surface area contributed by atoms with E-state index in [9.17, 15) is 36.2 Å². The molecule has 10 heteroatoms. The topological polar surface area (TPSA) is 55.8 Å². The summed E-state index contributed by atoms with van der Waals surface area (Å²) >= 11 is 0. The molecule has 0 saturated carbocycles. The van der Waals surface area contributed by atoms with Crippen molar-refractivity contribution in [2.45, 2.75) is 56.0 Å². The fourth-order valence-corrected chi connectivity index (χ4v) is 2.40. The molecule has 0 radical (unpaired) electrons. The van der Waals surface area contributed by atoms with Gasteiger partial charge in [-0.3, -0.25) is 0 Å². The smallest absolute Gasteiger partial charge is 0.443 e. The molecule has 0 aromatic heterocycles. The van der Waals surface area contributed by atoms with E-state index in [2.05, 4.69) is 16.1 Å². The van der Waals surface area contributed by atoms with Gasteiger partial charge in [0.15, 0.2) is 5.60 Å². The first-order valence-electron chi connectivity index (χ1n) is 5.99. The monoisotopic (exact) mass is 336 g/mol. The second kappa shape index (κ2) is 5.12. The largest absolute Gasteiger partial charge is 0.456 e. The molecule has 1 heterocycles. The Bertz CT molecular complexity index is 443. The molecule has 0 aromatic carbocycles. The Balaban J connectivity index is 3.33. The maximum Gasteiger partial charge on any atom is 0.443 e. The molecule has 128 valence electrons. The van der Waals surface area contributed by atoms with Crippen molar-refractivity contribution in [2.24, 2.45) is 0 Å². The van der Waals surface area contributed by atoms with Gasteiger partial charge in [0.1, 0.15) is 5.60 Å². The van der Waals surface area contributed by atoms with Crippen molar-refractivity contribution in [3.63, 3.8) is 0 Å². The first kappa shape index (κ1) is 18.8. The number of ether oxygens (including phenoxy) is 2. The standard InChI is InChI=1S/C12H14F6O4/c1-4-7(19)21-8(2)5-9(3,11(13,14)15)22-10(20,6-8)12(16,17)18/h4,20H,1,5-6H2,2-3H3. The summed E-state index contributed by atoms with van der Waals surface area (Å²) in [6.45, 7) is 4.22. The van der Waals surface area contributed by atoms with Gasteiger partial charge in [-0.05, 0) is 13.8 Å². The van der Waals surface area contributed by atoms with Crippen LogP contribution in [0.2, 0.25) is 0 Å². The van der Waals surface area contributed by atoms with Crippen LogP contribution in [-0.4, -0.2) is 40.4 Å². The summed E-state index contributed by atoms with van der Waals surface area (Å²) < 4.78 is 86.5. The van der Waals surface area contributed by atoms with Crippen LogP contribution in [0.1, 0.15) is 26.7 Å². The van der Waals surface area contributed by atoms with E-state index in [0.29, 0.717) is 13.0 Å². The predicted molar refractivity (Wildman–Crippen MR) is 60.5 cm³/mol. The van der Waals surface area contributed by atoms with E-state index in [4.69, 9.17) is 0 Å². The van der Waals surface area contributed by atoms with Crippen molar-refractivity contribution in [2.75, 3.05) is 0 Å². The van der Waals surface area contributed by atoms with Crippen LogP contribution in [0.25, 0.3) is 0 Å². The summed E-state index contributed by atoms with van der Waals surface area (Å²) in [5.74, 6) is -5.32. The van der Waals surface area contributed by atoms with Crippen LogP contribution in [0, 0.1) is 0 Å². The highest BCUT2D eigenvalue weighted by atomic mass is 19.4. The second-order valence-corrected chi connectivity index (χ2v) is 5.54. The van der Waals surface area contributed by atoms with Gasteiger partial charge in [0.25, 0.3) is 5.79 Å². The van der Waals surface area contributed by atoms with E-state index >= 15 is 0 Å². The molecule has 1 aliphatic rings. The minimum absolute atomic E-state index is 0.350. The van der Waals surface area contributed by atoms with Gasteiger partial charge in [0.05, 0.1) is 6.42 Å². The zero-order chi connectivity index (χ0) is 17.6. The average Bonchev–Trinajstić information content (AvgIpc) is 2.23. The molecule has 1 fully saturated rings. The van der Waals surface area contributed by atoms with Gasteiger partial charge in [0.2, 0.25) is 0 Å². The molecule has 0 aromatic rings. The number of rotatable bonds is 2. The van der Waals surface area contributed by atoms with Crippen molar-refractivity contribution in [1.82, 2.24) is 0 Å². The zero-order valence-electron chi connectivity index (χ0n) is 11.6. The quantitative estimate of drug-likeness (QED) is 0.479. The minimum atomic E-state index is -5.51.